The maximum absolute atomic E-state index is 5.60. The second-order valence-corrected chi connectivity index (χ2v) is 3.29. The van der Waals surface area contributed by atoms with Gasteiger partial charge in [0.25, 0.3) is 0 Å². The number of nitrogen functional groups attached to an aromatic ring is 2. The van der Waals surface area contributed by atoms with E-state index in [0.29, 0.717) is 11.4 Å². The molecule has 0 radical (unpaired) electrons. The van der Waals surface area contributed by atoms with Crippen molar-refractivity contribution in [2.45, 2.75) is 4.84 Å². The minimum atomic E-state index is -0.544. The van der Waals surface area contributed by atoms with Crippen molar-refractivity contribution in [3.8, 4) is 0 Å². The molecule has 0 saturated carbocycles. The maximum Gasteiger partial charge on any atom is 0.132 e. The van der Waals surface area contributed by atoms with Crippen LogP contribution in [0.4, 0.5) is 11.4 Å². The molecule has 1 aromatic rings. The summed E-state index contributed by atoms with van der Waals surface area (Å²) in [5.74, 6) is 0. The van der Waals surface area contributed by atoms with E-state index in [0.717, 1.165) is 5.56 Å². The first-order valence-electron chi connectivity index (χ1n) is 3.04. The summed E-state index contributed by atoms with van der Waals surface area (Å²) in [7, 11) is 0. The van der Waals surface area contributed by atoms with Gasteiger partial charge in [-0.25, -0.2) is 0 Å². The average Bonchev–Trinajstić information content (AvgIpc) is 1.94. The number of hydrogen-bond acceptors (Lipinski definition) is 2. The van der Waals surface area contributed by atoms with Crippen molar-refractivity contribution < 1.29 is 0 Å². The van der Waals surface area contributed by atoms with Gasteiger partial charge in [-0.2, -0.15) is 0 Å². The minimum Gasteiger partial charge on any atom is -0.397 e. The monoisotopic (exact) mass is 190 g/mol. The SMILES string of the molecule is Nc1ccc(C(Cl)Cl)cc1N. The molecular weight excluding hydrogens is 183 g/mol. The first-order chi connectivity index (χ1) is 5.11. The molecule has 2 nitrogen and oxygen atoms in total. The normalized spacial score (nSPS) is 10.5. The molecule has 0 aliphatic heterocycles. The summed E-state index contributed by atoms with van der Waals surface area (Å²) in [6, 6.07) is 5.10. The van der Waals surface area contributed by atoms with Crippen LogP contribution in [0, 0.1) is 0 Å². The van der Waals surface area contributed by atoms with Gasteiger partial charge in [0.1, 0.15) is 4.84 Å². The van der Waals surface area contributed by atoms with Crippen molar-refractivity contribution in [1.82, 2.24) is 0 Å². The predicted molar refractivity (Wildman–Crippen MR) is 49.7 cm³/mol. The molecule has 0 unspecified atom stereocenters. The molecule has 0 bridgehead atoms. The van der Waals surface area contributed by atoms with E-state index in [1.807, 2.05) is 0 Å². The molecular formula is C7H8Cl2N2. The number of anilines is 2. The van der Waals surface area contributed by atoms with Crippen molar-refractivity contribution in [2.75, 3.05) is 11.5 Å². The fraction of sp³-hybridized carbons (Fsp3) is 0.143. The quantitative estimate of drug-likeness (QED) is 0.528. The van der Waals surface area contributed by atoms with E-state index in [4.69, 9.17) is 34.7 Å². The lowest BCUT2D eigenvalue weighted by Gasteiger charge is -2.04. The fourth-order valence-electron chi connectivity index (χ4n) is 0.729. The number of halogens is 2. The molecule has 0 atom stereocenters. The molecule has 0 spiro atoms. The van der Waals surface area contributed by atoms with Crippen LogP contribution in [0.5, 0.6) is 0 Å². The Morgan fingerprint density at radius 2 is 1.73 bits per heavy atom. The molecule has 0 aliphatic rings. The van der Waals surface area contributed by atoms with E-state index < -0.39 is 4.84 Å². The van der Waals surface area contributed by atoms with Crippen molar-refractivity contribution in [3.05, 3.63) is 23.8 Å². The van der Waals surface area contributed by atoms with Crippen LogP contribution in [0.25, 0.3) is 0 Å². The molecule has 0 aromatic heterocycles. The van der Waals surface area contributed by atoms with E-state index in [-0.39, 0.29) is 0 Å². The second-order valence-electron chi connectivity index (χ2n) is 2.19. The number of rotatable bonds is 1. The van der Waals surface area contributed by atoms with E-state index in [2.05, 4.69) is 0 Å². The average molecular weight is 191 g/mol. The van der Waals surface area contributed by atoms with E-state index in [1.165, 1.54) is 0 Å². The molecule has 0 saturated heterocycles. The van der Waals surface area contributed by atoms with E-state index >= 15 is 0 Å². The van der Waals surface area contributed by atoms with Gasteiger partial charge >= 0.3 is 0 Å². The van der Waals surface area contributed by atoms with Crippen LogP contribution in [0.2, 0.25) is 0 Å². The van der Waals surface area contributed by atoms with Gasteiger partial charge in [0.05, 0.1) is 11.4 Å². The Bertz CT molecular complexity index is 261. The lowest BCUT2D eigenvalue weighted by Crippen LogP contribution is -1.95. The second kappa shape index (κ2) is 3.20. The van der Waals surface area contributed by atoms with E-state index in [9.17, 15) is 0 Å². The zero-order valence-corrected chi connectivity index (χ0v) is 7.23. The summed E-state index contributed by atoms with van der Waals surface area (Å²) in [6.07, 6.45) is 0. The van der Waals surface area contributed by atoms with Gasteiger partial charge in [0, 0.05) is 0 Å². The summed E-state index contributed by atoms with van der Waals surface area (Å²) < 4.78 is 0. The predicted octanol–water partition coefficient (Wildman–Crippen LogP) is 2.33. The maximum atomic E-state index is 5.60. The highest BCUT2D eigenvalue weighted by Crippen LogP contribution is 2.27. The minimum absolute atomic E-state index is 0.508. The highest BCUT2D eigenvalue weighted by atomic mass is 35.5. The molecule has 4 heteroatoms. The topological polar surface area (TPSA) is 52.0 Å². The Balaban J connectivity index is 3.05. The molecule has 0 heterocycles. The zero-order chi connectivity index (χ0) is 8.43. The largest absolute Gasteiger partial charge is 0.397 e. The highest BCUT2D eigenvalue weighted by molar-refractivity contribution is 6.44. The van der Waals surface area contributed by atoms with Crippen LogP contribution < -0.4 is 11.5 Å². The van der Waals surface area contributed by atoms with Crippen LogP contribution >= 0.6 is 23.2 Å². The third kappa shape index (κ3) is 1.91. The lowest BCUT2D eigenvalue weighted by molar-refractivity contribution is 1.35. The number of benzene rings is 1. The van der Waals surface area contributed by atoms with Crippen LogP contribution in [-0.2, 0) is 0 Å². The smallest absolute Gasteiger partial charge is 0.132 e. The van der Waals surface area contributed by atoms with E-state index in [1.54, 1.807) is 18.2 Å². The van der Waals surface area contributed by atoms with Gasteiger partial charge in [-0.15, -0.1) is 23.2 Å². The van der Waals surface area contributed by atoms with Gasteiger partial charge in [-0.1, -0.05) is 6.07 Å². The lowest BCUT2D eigenvalue weighted by atomic mass is 10.2. The summed E-state index contributed by atoms with van der Waals surface area (Å²) in [5, 5.41) is 0. The van der Waals surface area contributed by atoms with Crippen LogP contribution in [0.3, 0.4) is 0 Å². The molecule has 1 aromatic carbocycles. The third-order valence-corrected chi connectivity index (χ3v) is 1.87. The molecule has 1 rings (SSSR count). The van der Waals surface area contributed by atoms with Crippen molar-refractivity contribution in [2.24, 2.45) is 0 Å². The number of nitrogens with two attached hydrogens (primary N) is 2. The zero-order valence-electron chi connectivity index (χ0n) is 5.72. The number of hydrogen-bond donors (Lipinski definition) is 2. The number of alkyl halides is 2. The van der Waals surface area contributed by atoms with Crippen LogP contribution in [-0.4, -0.2) is 0 Å². The summed E-state index contributed by atoms with van der Waals surface area (Å²) in [5.41, 5.74) is 12.8. The van der Waals surface area contributed by atoms with Gasteiger partial charge in [0.15, 0.2) is 0 Å². The van der Waals surface area contributed by atoms with Crippen LogP contribution in [0.1, 0.15) is 10.4 Å². The van der Waals surface area contributed by atoms with Crippen molar-refractivity contribution in [3.63, 3.8) is 0 Å². The Kier molecular flexibility index (Phi) is 2.47. The van der Waals surface area contributed by atoms with Crippen molar-refractivity contribution in [1.29, 1.82) is 0 Å². The third-order valence-electron chi connectivity index (χ3n) is 1.36. The summed E-state index contributed by atoms with van der Waals surface area (Å²) >= 11 is 11.2. The van der Waals surface area contributed by atoms with Gasteiger partial charge < -0.3 is 11.5 Å². The Hall–Kier alpha value is -0.600. The highest BCUT2D eigenvalue weighted by Gasteiger charge is 2.03. The fourth-order valence-corrected chi connectivity index (χ4v) is 1.00. The van der Waals surface area contributed by atoms with Crippen LogP contribution in [0.15, 0.2) is 18.2 Å². The Labute approximate surface area is 75.1 Å². The molecule has 0 fully saturated rings. The molecule has 11 heavy (non-hydrogen) atoms. The van der Waals surface area contributed by atoms with Gasteiger partial charge in [0.2, 0.25) is 0 Å². The summed E-state index contributed by atoms with van der Waals surface area (Å²) in [4.78, 5) is -0.544. The molecule has 60 valence electrons. The molecule has 4 N–H and O–H groups in total. The Morgan fingerprint density at radius 1 is 1.09 bits per heavy atom. The first-order valence-corrected chi connectivity index (χ1v) is 3.91. The Morgan fingerprint density at radius 3 is 2.18 bits per heavy atom. The first kappa shape index (κ1) is 8.50. The van der Waals surface area contributed by atoms with Crippen molar-refractivity contribution >= 4 is 34.6 Å². The standard InChI is InChI=1S/C7H8Cl2N2/c8-7(9)4-1-2-5(10)6(11)3-4/h1-3,7H,10-11H2. The van der Waals surface area contributed by atoms with Gasteiger partial charge in [-0.05, 0) is 17.7 Å². The molecule has 0 aliphatic carbocycles. The summed E-state index contributed by atoms with van der Waals surface area (Å²) in [6.45, 7) is 0. The van der Waals surface area contributed by atoms with Gasteiger partial charge in [-0.3, -0.25) is 0 Å². The molecule has 0 amide bonds.